The lowest BCUT2D eigenvalue weighted by Gasteiger charge is -2.24. The van der Waals surface area contributed by atoms with E-state index in [9.17, 15) is 9.65 Å². The van der Waals surface area contributed by atoms with E-state index in [-0.39, 0.29) is 5.56 Å². The third-order valence-electron chi connectivity index (χ3n) is 4.88. The molecule has 5 nitrogen and oxygen atoms in total. The SMILES string of the molecule is N#Cc1c(F)cccc1N1CCCN(Cc2cn3cc(Cl)ccc3n2)CC1. The molecule has 1 aliphatic heterocycles. The van der Waals surface area contributed by atoms with Crippen molar-refractivity contribution >= 4 is 22.9 Å². The number of fused-ring (bicyclic) bond motifs is 1. The Morgan fingerprint density at radius 3 is 2.85 bits per heavy atom. The third kappa shape index (κ3) is 3.75. The second-order valence-electron chi connectivity index (χ2n) is 6.71. The minimum atomic E-state index is -0.459. The quantitative estimate of drug-likeness (QED) is 0.691. The van der Waals surface area contributed by atoms with Gasteiger partial charge in [-0.2, -0.15) is 5.26 Å². The van der Waals surface area contributed by atoms with E-state index in [1.54, 1.807) is 6.07 Å². The summed E-state index contributed by atoms with van der Waals surface area (Å²) in [6.45, 7) is 4.06. The first kappa shape index (κ1) is 17.8. The van der Waals surface area contributed by atoms with Crippen LogP contribution in [0.5, 0.6) is 0 Å². The number of imidazole rings is 1. The normalized spacial score (nSPS) is 15.7. The van der Waals surface area contributed by atoms with E-state index in [1.807, 2.05) is 41.1 Å². The molecule has 0 atom stereocenters. The van der Waals surface area contributed by atoms with Crippen molar-refractivity contribution in [2.24, 2.45) is 0 Å². The molecule has 3 heterocycles. The maximum absolute atomic E-state index is 13.9. The molecule has 0 amide bonds. The number of nitriles is 1. The summed E-state index contributed by atoms with van der Waals surface area (Å²) in [7, 11) is 0. The molecule has 1 aliphatic rings. The van der Waals surface area contributed by atoms with Crippen LogP contribution >= 0.6 is 11.6 Å². The molecule has 2 aromatic heterocycles. The Kier molecular flexibility index (Phi) is 4.97. The maximum atomic E-state index is 13.9. The highest BCUT2D eigenvalue weighted by Crippen LogP contribution is 2.24. The number of anilines is 1. The smallest absolute Gasteiger partial charge is 0.143 e. The van der Waals surface area contributed by atoms with Crippen LogP contribution < -0.4 is 4.90 Å². The Balaban J connectivity index is 1.47. The minimum absolute atomic E-state index is 0.128. The van der Waals surface area contributed by atoms with Crippen LogP contribution in [-0.4, -0.2) is 40.5 Å². The van der Waals surface area contributed by atoms with E-state index >= 15 is 0 Å². The van der Waals surface area contributed by atoms with Gasteiger partial charge in [-0.15, -0.1) is 0 Å². The van der Waals surface area contributed by atoms with E-state index in [2.05, 4.69) is 14.8 Å². The van der Waals surface area contributed by atoms with Crippen LogP contribution in [0.25, 0.3) is 5.65 Å². The summed E-state index contributed by atoms with van der Waals surface area (Å²) < 4.78 is 15.9. The summed E-state index contributed by atoms with van der Waals surface area (Å²) >= 11 is 6.04. The van der Waals surface area contributed by atoms with Crippen LogP contribution in [0.2, 0.25) is 5.02 Å². The maximum Gasteiger partial charge on any atom is 0.143 e. The van der Waals surface area contributed by atoms with Crippen LogP contribution in [-0.2, 0) is 6.54 Å². The van der Waals surface area contributed by atoms with Crippen molar-refractivity contribution in [2.45, 2.75) is 13.0 Å². The van der Waals surface area contributed by atoms with E-state index in [0.717, 1.165) is 50.5 Å². The zero-order valence-electron chi connectivity index (χ0n) is 14.8. The third-order valence-corrected chi connectivity index (χ3v) is 5.11. The Morgan fingerprint density at radius 2 is 2.00 bits per heavy atom. The van der Waals surface area contributed by atoms with Crippen LogP contribution in [0.3, 0.4) is 0 Å². The molecule has 27 heavy (non-hydrogen) atoms. The van der Waals surface area contributed by atoms with Gasteiger partial charge in [0.25, 0.3) is 0 Å². The van der Waals surface area contributed by atoms with E-state index in [1.165, 1.54) is 6.07 Å². The minimum Gasteiger partial charge on any atom is -0.369 e. The van der Waals surface area contributed by atoms with Gasteiger partial charge < -0.3 is 9.30 Å². The Labute approximate surface area is 162 Å². The fraction of sp³-hybridized carbons (Fsp3) is 0.300. The molecule has 0 unspecified atom stereocenters. The first-order valence-corrected chi connectivity index (χ1v) is 9.31. The number of nitrogens with zero attached hydrogens (tertiary/aromatic N) is 5. The molecule has 0 saturated carbocycles. The number of hydrogen-bond donors (Lipinski definition) is 0. The summed E-state index contributed by atoms with van der Waals surface area (Å²) in [5.41, 5.74) is 2.68. The Bertz CT molecular complexity index is 1010. The average Bonchev–Trinajstić information content (AvgIpc) is 2.89. The highest BCUT2D eigenvalue weighted by molar-refractivity contribution is 6.30. The molecule has 0 aliphatic carbocycles. The second kappa shape index (κ2) is 7.55. The van der Waals surface area contributed by atoms with Crippen molar-refractivity contribution in [1.82, 2.24) is 14.3 Å². The molecule has 3 aromatic rings. The van der Waals surface area contributed by atoms with Gasteiger partial charge in [0, 0.05) is 45.1 Å². The lowest BCUT2D eigenvalue weighted by molar-refractivity contribution is 0.282. The van der Waals surface area contributed by atoms with Gasteiger partial charge in [0.2, 0.25) is 0 Å². The lowest BCUT2D eigenvalue weighted by Crippen LogP contribution is -2.31. The average molecular weight is 384 g/mol. The number of benzene rings is 1. The highest BCUT2D eigenvalue weighted by atomic mass is 35.5. The molecular formula is C20H19ClFN5. The number of aromatic nitrogens is 2. The van der Waals surface area contributed by atoms with Gasteiger partial charge in [-0.3, -0.25) is 4.90 Å². The van der Waals surface area contributed by atoms with Crippen molar-refractivity contribution in [1.29, 1.82) is 5.26 Å². The van der Waals surface area contributed by atoms with Gasteiger partial charge in [0.1, 0.15) is 23.1 Å². The van der Waals surface area contributed by atoms with Crippen LogP contribution in [0, 0.1) is 17.1 Å². The predicted molar refractivity (Wildman–Crippen MR) is 103 cm³/mol. The number of rotatable bonds is 3. The van der Waals surface area contributed by atoms with Crippen molar-refractivity contribution in [3.8, 4) is 6.07 Å². The van der Waals surface area contributed by atoms with Gasteiger partial charge in [-0.05, 0) is 30.7 Å². The molecule has 1 aromatic carbocycles. The molecule has 4 rings (SSSR count). The first-order valence-electron chi connectivity index (χ1n) is 8.93. The number of halogens is 2. The summed E-state index contributed by atoms with van der Waals surface area (Å²) in [5, 5.41) is 9.97. The zero-order chi connectivity index (χ0) is 18.8. The monoisotopic (exact) mass is 383 g/mol. The van der Waals surface area contributed by atoms with Crippen molar-refractivity contribution in [3.63, 3.8) is 0 Å². The molecule has 0 spiro atoms. The van der Waals surface area contributed by atoms with Gasteiger partial charge in [-0.1, -0.05) is 17.7 Å². The zero-order valence-corrected chi connectivity index (χ0v) is 15.5. The van der Waals surface area contributed by atoms with Crippen LogP contribution in [0.15, 0.2) is 42.7 Å². The topological polar surface area (TPSA) is 47.6 Å². The molecule has 0 radical (unpaired) electrons. The predicted octanol–water partition coefficient (Wildman–Crippen LogP) is 3.71. The molecule has 1 fully saturated rings. The molecule has 0 bridgehead atoms. The largest absolute Gasteiger partial charge is 0.369 e. The number of hydrogen-bond acceptors (Lipinski definition) is 4. The standard InChI is InChI=1S/C20H19ClFN5/c21-15-5-6-20-24-16(14-27(20)12-15)13-25-7-2-8-26(10-9-25)19-4-1-3-18(22)17(19)11-23/h1,3-6,12,14H,2,7-10,13H2. The number of pyridine rings is 1. The first-order chi connectivity index (χ1) is 13.1. The van der Waals surface area contributed by atoms with Crippen LogP contribution in [0.1, 0.15) is 17.7 Å². The second-order valence-corrected chi connectivity index (χ2v) is 7.14. The van der Waals surface area contributed by atoms with Crippen molar-refractivity contribution in [2.75, 3.05) is 31.1 Å². The van der Waals surface area contributed by atoms with Gasteiger partial charge >= 0.3 is 0 Å². The fourth-order valence-electron chi connectivity index (χ4n) is 3.58. The Hall–Kier alpha value is -2.62. The van der Waals surface area contributed by atoms with E-state index in [4.69, 9.17) is 11.6 Å². The highest BCUT2D eigenvalue weighted by Gasteiger charge is 2.19. The molecular weight excluding hydrogens is 365 g/mol. The van der Waals surface area contributed by atoms with Crippen molar-refractivity contribution in [3.05, 3.63) is 64.8 Å². The van der Waals surface area contributed by atoms with Crippen LogP contribution in [0.4, 0.5) is 10.1 Å². The lowest BCUT2D eigenvalue weighted by atomic mass is 10.1. The molecule has 7 heteroatoms. The molecule has 138 valence electrons. The van der Waals surface area contributed by atoms with Gasteiger partial charge in [0.15, 0.2) is 0 Å². The summed E-state index contributed by atoms with van der Waals surface area (Å²) in [4.78, 5) is 9.10. The van der Waals surface area contributed by atoms with E-state index in [0.29, 0.717) is 10.7 Å². The summed E-state index contributed by atoms with van der Waals surface area (Å²) in [6.07, 6.45) is 4.80. The Morgan fingerprint density at radius 1 is 1.11 bits per heavy atom. The molecule has 0 N–H and O–H groups in total. The summed E-state index contributed by atoms with van der Waals surface area (Å²) in [6, 6.07) is 10.6. The van der Waals surface area contributed by atoms with E-state index < -0.39 is 5.82 Å². The fourth-order valence-corrected chi connectivity index (χ4v) is 3.75. The summed E-state index contributed by atoms with van der Waals surface area (Å²) in [5.74, 6) is -0.459. The molecule has 1 saturated heterocycles. The van der Waals surface area contributed by atoms with Gasteiger partial charge in [0.05, 0.1) is 16.4 Å². The van der Waals surface area contributed by atoms with Gasteiger partial charge in [-0.25, -0.2) is 9.37 Å². The van der Waals surface area contributed by atoms with Crippen molar-refractivity contribution < 1.29 is 4.39 Å².